The van der Waals surface area contributed by atoms with Crippen LogP contribution in [-0.4, -0.2) is 23.9 Å². The molecule has 1 heterocycles. The molecule has 4 N–H and O–H groups in total. The second kappa shape index (κ2) is 7.66. The molecule has 4 nitrogen and oxygen atoms in total. The largest absolute Gasteiger partial charge is 0.398 e. The van der Waals surface area contributed by atoms with E-state index in [4.69, 9.17) is 11.5 Å². The van der Waals surface area contributed by atoms with Crippen molar-refractivity contribution in [1.82, 2.24) is 4.90 Å². The number of likely N-dealkylation sites (tertiary alicyclic amines) is 1. The van der Waals surface area contributed by atoms with Crippen molar-refractivity contribution in [2.45, 2.75) is 25.8 Å². The number of hydrogen-bond acceptors (Lipinski definition) is 3. The molecule has 0 radical (unpaired) electrons. The van der Waals surface area contributed by atoms with E-state index >= 15 is 0 Å². The van der Waals surface area contributed by atoms with E-state index in [-0.39, 0.29) is 5.82 Å². The minimum absolute atomic E-state index is 0.186. The van der Waals surface area contributed by atoms with Crippen LogP contribution in [0.3, 0.4) is 0 Å². The van der Waals surface area contributed by atoms with Crippen LogP contribution in [0.2, 0.25) is 0 Å². The molecule has 1 amide bonds. The molecule has 0 bridgehead atoms. The number of piperidine rings is 1. The highest BCUT2D eigenvalue weighted by atomic mass is 19.1. The number of primary amides is 1. The monoisotopic (exact) mass is 341 g/mol. The smallest absolute Gasteiger partial charge is 0.250 e. The number of para-hydroxylation sites is 1. The number of hydrogen-bond donors (Lipinski definition) is 2. The number of anilines is 1. The molecule has 5 heteroatoms. The van der Waals surface area contributed by atoms with Crippen molar-refractivity contribution < 1.29 is 9.18 Å². The lowest BCUT2D eigenvalue weighted by molar-refractivity contribution is 0.100. The average molecular weight is 341 g/mol. The molecule has 1 aliphatic rings. The molecular formula is C20H24FN3O. The molecule has 1 aliphatic heterocycles. The van der Waals surface area contributed by atoms with E-state index in [0.29, 0.717) is 17.2 Å². The second-order valence-corrected chi connectivity index (χ2v) is 6.79. The number of carbonyl (C=O) groups excluding carboxylic acids is 1. The fourth-order valence-corrected chi connectivity index (χ4v) is 3.51. The molecule has 1 saturated heterocycles. The summed E-state index contributed by atoms with van der Waals surface area (Å²) in [6, 6.07) is 12.2. The van der Waals surface area contributed by atoms with Crippen LogP contribution in [0.5, 0.6) is 0 Å². The summed E-state index contributed by atoms with van der Waals surface area (Å²) in [5.74, 6) is -0.0530. The average Bonchev–Trinajstić information content (AvgIpc) is 2.60. The van der Waals surface area contributed by atoms with Crippen molar-refractivity contribution in [3.8, 4) is 0 Å². The van der Waals surface area contributed by atoms with Crippen LogP contribution in [0.1, 0.15) is 34.3 Å². The van der Waals surface area contributed by atoms with Crippen LogP contribution < -0.4 is 11.5 Å². The fourth-order valence-electron chi connectivity index (χ4n) is 3.51. The van der Waals surface area contributed by atoms with Crippen molar-refractivity contribution >= 4 is 11.6 Å². The van der Waals surface area contributed by atoms with Crippen LogP contribution in [0, 0.1) is 11.7 Å². The zero-order chi connectivity index (χ0) is 17.8. The Morgan fingerprint density at radius 3 is 2.44 bits per heavy atom. The number of nitrogens with two attached hydrogens (primary N) is 2. The van der Waals surface area contributed by atoms with Gasteiger partial charge in [0.1, 0.15) is 5.82 Å². The van der Waals surface area contributed by atoms with Gasteiger partial charge in [0, 0.05) is 12.2 Å². The Balaban J connectivity index is 1.55. The van der Waals surface area contributed by atoms with Crippen LogP contribution in [0.15, 0.2) is 42.5 Å². The minimum atomic E-state index is -0.489. The Hall–Kier alpha value is -2.40. The standard InChI is InChI=1S/C20H24FN3O/c21-17-6-4-14(5-7-17)12-15-8-10-24(11-9-15)13-16-2-1-3-18(19(16)22)20(23)25/h1-7,15H,8-13,22H2,(H2,23,25). The number of rotatable bonds is 5. The van der Waals surface area contributed by atoms with Gasteiger partial charge in [-0.05, 0) is 67.6 Å². The highest BCUT2D eigenvalue weighted by Gasteiger charge is 2.20. The van der Waals surface area contributed by atoms with E-state index in [1.54, 1.807) is 6.07 Å². The van der Waals surface area contributed by atoms with Gasteiger partial charge in [0.25, 0.3) is 5.91 Å². The van der Waals surface area contributed by atoms with Gasteiger partial charge >= 0.3 is 0 Å². The van der Waals surface area contributed by atoms with Crippen molar-refractivity contribution in [2.24, 2.45) is 11.7 Å². The number of benzene rings is 2. The molecule has 0 aliphatic carbocycles. The first-order valence-electron chi connectivity index (χ1n) is 8.67. The molecule has 1 fully saturated rings. The van der Waals surface area contributed by atoms with Crippen molar-refractivity contribution in [1.29, 1.82) is 0 Å². The molecule has 0 aromatic heterocycles. The lowest BCUT2D eigenvalue weighted by atomic mass is 9.90. The molecule has 0 unspecified atom stereocenters. The van der Waals surface area contributed by atoms with E-state index < -0.39 is 5.91 Å². The molecule has 2 aromatic carbocycles. The molecule has 0 saturated carbocycles. The van der Waals surface area contributed by atoms with Gasteiger partial charge < -0.3 is 11.5 Å². The lowest BCUT2D eigenvalue weighted by Crippen LogP contribution is -2.34. The second-order valence-electron chi connectivity index (χ2n) is 6.79. The zero-order valence-corrected chi connectivity index (χ0v) is 14.2. The van der Waals surface area contributed by atoms with Crippen molar-refractivity contribution in [3.63, 3.8) is 0 Å². The van der Waals surface area contributed by atoms with Gasteiger partial charge in [0.2, 0.25) is 0 Å². The molecule has 3 rings (SSSR count). The molecule has 2 aromatic rings. The van der Waals surface area contributed by atoms with Gasteiger partial charge in [-0.3, -0.25) is 9.69 Å². The molecule has 0 atom stereocenters. The Bertz CT molecular complexity index is 737. The third-order valence-corrected chi connectivity index (χ3v) is 5.00. The summed E-state index contributed by atoms with van der Waals surface area (Å²) < 4.78 is 13.0. The van der Waals surface area contributed by atoms with E-state index in [1.807, 2.05) is 24.3 Å². The van der Waals surface area contributed by atoms with Crippen molar-refractivity contribution in [2.75, 3.05) is 18.8 Å². The van der Waals surface area contributed by atoms with E-state index in [2.05, 4.69) is 4.90 Å². The van der Waals surface area contributed by atoms with Gasteiger partial charge in [-0.25, -0.2) is 4.39 Å². The highest BCUT2D eigenvalue weighted by Crippen LogP contribution is 2.25. The number of halogens is 1. The third-order valence-electron chi connectivity index (χ3n) is 5.00. The lowest BCUT2D eigenvalue weighted by Gasteiger charge is -2.32. The third kappa shape index (κ3) is 4.37. The van der Waals surface area contributed by atoms with Gasteiger partial charge in [0.05, 0.1) is 5.56 Å². The normalized spacial score (nSPS) is 16.0. The van der Waals surface area contributed by atoms with E-state index in [9.17, 15) is 9.18 Å². The molecular weight excluding hydrogens is 317 g/mol. The fraction of sp³-hybridized carbons (Fsp3) is 0.350. The predicted molar refractivity (Wildman–Crippen MR) is 97.5 cm³/mol. The Morgan fingerprint density at radius 1 is 1.12 bits per heavy atom. The first-order valence-corrected chi connectivity index (χ1v) is 8.67. The van der Waals surface area contributed by atoms with E-state index in [0.717, 1.165) is 44.5 Å². The van der Waals surface area contributed by atoms with Crippen molar-refractivity contribution in [3.05, 3.63) is 65.0 Å². The summed E-state index contributed by atoms with van der Waals surface area (Å²) in [4.78, 5) is 13.8. The van der Waals surface area contributed by atoms with Gasteiger partial charge in [-0.15, -0.1) is 0 Å². The first kappa shape index (κ1) is 17.4. The zero-order valence-electron chi connectivity index (χ0n) is 14.2. The maximum atomic E-state index is 13.0. The maximum absolute atomic E-state index is 13.0. The summed E-state index contributed by atoms with van der Waals surface area (Å²) >= 11 is 0. The quantitative estimate of drug-likeness (QED) is 0.821. The van der Waals surface area contributed by atoms with Gasteiger partial charge in [-0.1, -0.05) is 24.3 Å². The van der Waals surface area contributed by atoms with Crippen LogP contribution in [0.25, 0.3) is 0 Å². The molecule has 132 valence electrons. The van der Waals surface area contributed by atoms with Gasteiger partial charge in [0.15, 0.2) is 0 Å². The SMILES string of the molecule is NC(=O)c1cccc(CN2CCC(Cc3ccc(F)cc3)CC2)c1N. The van der Waals surface area contributed by atoms with Crippen LogP contribution in [0.4, 0.5) is 10.1 Å². The molecule has 25 heavy (non-hydrogen) atoms. The predicted octanol–water partition coefficient (Wildman–Crippen LogP) is 2.96. The first-order chi connectivity index (χ1) is 12.0. The Labute approximate surface area is 147 Å². The van der Waals surface area contributed by atoms with E-state index in [1.165, 1.54) is 17.7 Å². The highest BCUT2D eigenvalue weighted by molar-refractivity contribution is 5.98. The number of nitrogen functional groups attached to an aromatic ring is 1. The topological polar surface area (TPSA) is 72.4 Å². The summed E-state index contributed by atoms with van der Waals surface area (Å²) in [7, 11) is 0. The summed E-state index contributed by atoms with van der Waals surface area (Å²) in [5, 5.41) is 0. The minimum Gasteiger partial charge on any atom is -0.398 e. The number of amides is 1. The molecule has 0 spiro atoms. The van der Waals surface area contributed by atoms with Gasteiger partial charge in [-0.2, -0.15) is 0 Å². The summed E-state index contributed by atoms with van der Waals surface area (Å²) in [5.41, 5.74) is 14.5. The maximum Gasteiger partial charge on any atom is 0.250 e. The van der Waals surface area contributed by atoms with Crippen LogP contribution >= 0.6 is 0 Å². The number of nitrogens with zero attached hydrogens (tertiary/aromatic N) is 1. The summed E-state index contributed by atoms with van der Waals surface area (Å²) in [6.07, 6.45) is 3.20. The summed E-state index contributed by atoms with van der Waals surface area (Å²) in [6.45, 7) is 2.72. The Kier molecular flexibility index (Phi) is 5.34. The number of carbonyl (C=O) groups is 1. The van der Waals surface area contributed by atoms with Crippen LogP contribution in [-0.2, 0) is 13.0 Å². The Morgan fingerprint density at radius 2 is 1.80 bits per heavy atom.